The van der Waals surface area contributed by atoms with Gasteiger partial charge in [-0.15, -0.1) is 0 Å². The van der Waals surface area contributed by atoms with E-state index in [1.165, 1.54) is 19.3 Å². The van der Waals surface area contributed by atoms with Gasteiger partial charge >= 0.3 is 12.2 Å². The summed E-state index contributed by atoms with van der Waals surface area (Å²) in [6.45, 7) is 2.07. The summed E-state index contributed by atoms with van der Waals surface area (Å²) in [5.41, 5.74) is 4.85. The summed E-state index contributed by atoms with van der Waals surface area (Å²) in [7, 11) is 0. The van der Waals surface area contributed by atoms with Crippen molar-refractivity contribution < 1.29 is 31.2 Å². The number of benzene rings is 1. The SMILES string of the molecule is Cc1c([C@@H](NC(=O)Nc2cnc(N(CI)CCN)nc2)C(F)(F)F)oc2c(F)cc(F)cc12. The van der Waals surface area contributed by atoms with Gasteiger partial charge in [-0.1, -0.05) is 22.6 Å². The number of aromatic nitrogens is 2. The van der Waals surface area contributed by atoms with E-state index in [0.717, 1.165) is 6.07 Å². The molecule has 2 amide bonds. The van der Waals surface area contributed by atoms with Gasteiger partial charge in [0.2, 0.25) is 5.95 Å². The molecule has 3 aromatic rings. The van der Waals surface area contributed by atoms with Crippen LogP contribution in [0.1, 0.15) is 17.4 Å². The Kier molecular flexibility index (Phi) is 7.56. The zero-order valence-electron chi connectivity index (χ0n) is 17.0. The number of amides is 2. The number of nitrogens with zero attached hydrogens (tertiary/aromatic N) is 3. The number of furan rings is 1. The Labute approximate surface area is 197 Å². The van der Waals surface area contributed by atoms with Gasteiger partial charge < -0.3 is 25.7 Å². The number of alkyl halides is 4. The molecule has 8 nitrogen and oxygen atoms in total. The standard InChI is InChI=1S/C19H18F5IN6O2/c1-9-12-4-10(20)5-13(21)15(12)33-14(9)16(19(22,23)24)30-18(32)29-11-6-27-17(28-7-11)31(8-25)3-2-26/h4-7,16H,2-3,8,26H2,1H3,(H2,29,30,32)/t16-/m1/s1. The lowest BCUT2D eigenvalue weighted by atomic mass is 10.1. The van der Waals surface area contributed by atoms with Crippen LogP contribution in [-0.2, 0) is 0 Å². The maximum absolute atomic E-state index is 14.0. The maximum Gasteiger partial charge on any atom is 0.416 e. The average Bonchev–Trinajstić information content (AvgIpc) is 3.06. The first-order valence-corrected chi connectivity index (χ1v) is 10.9. The van der Waals surface area contributed by atoms with Crippen molar-refractivity contribution in [1.82, 2.24) is 15.3 Å². The first kappa shape index (κ1) is 24.9. The number of fused-ring (bicyclic) bond motifs is 1. The minimum Gasteiger partial charge on any atom is -0.455 e. The molecule has 0 unspecified atom stereocenters. The average molecular weight is 584 g/mol. The van der Waals surface area contributed by atoms with E-state index in [1.807, 2.05) is 0 Å². The Balaban J connectivity index is 1.82. The summed E-state index contributed by atoms with van der Waals surface area (Å²) in [5.74, 6) is -2.55. The molecule has 2 heterocycles. The van der Waals surface area contributed by atoms with Crippen LogP contribution in [0.25, 0.3) is 11.0 Å². The van der Waals surface area contributed by atoms with Gasteiger partial charge in [-0.2, -0.15) is 13.2 Å². The van der Waals surface area contributed by atoms with Crippen molar-refractivity contribution >= 4 is 51.2 Å². The van der Waals surface area contributed by atoms with Gasteiger partial charge in [-0.25, -0.2) is 23.5 Å². The van der Waals surface area contributed by atoms with Crippen molar-refractivity contribution in [2.45, 2.75) is 19.1 Å². The molecule has 0 spiro atoms. The number of hydrogen-bond acceptors (Lipinski definition) is 6. The molecule has 0 radical (unpaired) electrons. The van der Waals surface area contributed by atoms with Gasteiger partial charge in [-0.3, -0.25) is 0 Å². The monoisotopic (exact) mass is 584 g/mol. The van der Waals surface area contributed by atoms with Crippen molar-refractivity contribution in [2.75, 3.05) is 27.9 Å². The van der Waals surface area contributed by atoms with E-state index in [-0.39, 0.29) is 16.6 Å². The predicted molar refractivity (Wildman–Crippen MR) is 119 cm³/mol. The molecule has 14 heteroatoms. The van der Waals surface area contributed by atoms with Crippen molar-refractivity contribution in [2.24, 2.45) is 5.73 Å². The Morgan fingerprint density at radius 1 is 1.27 bits per heavy atom. The Hall–Kier alpha value is -2.75. The zero-order chi connectivity index (χ0) is 24.3. The molecular formula is C19H18F5IN6O2. The number of nitrogens with two attached hydrogens (primary N) is 1. The minimum atomic E-state index is -4.99. The number of anilines is 2. The molecule has 0 saturated carbocycles. The largest absolute Gasteiger partial charge is 0.455 e. The van der Waals surface area contributed by atoms with Crippen LogP contribution in [0.15, 0.2) is 28.9 Å². The molecule has 4 N–H and O–H groups in total. The molecule has 2 aromatic heterocycles. The molecule has 0 aliphatic carbocycles. The smallest absolute Gasteiger partial charge is 0.416 e. The summed E-state index contributed by atoms with van der Waals surface area (Å²) >= 11 is 2.09. The van der Waals surface area contributed by atoms with E-state index in [0.29, 0.717) is 29.7 Å². The van der Waals surface area contributed by atoms with E-state index in [9.17, 15) is 26.7 Å². The fourth-order valence-corrected chi connectivity index (χ4v) is 3.70. The predicted octanol–water partition coefficient (Wildman–Crippen LogP) is 4.39. The number of urea groups is 1. The fourth-order valence-electron chi connectivity index (χ4n) is 3.05. The molecule has 0 saturated heterocycles. The van der Waals surface area contributed by atoms with Crippen LogP contribution < -0.4 is 21.3 Å². The third-order valence-corrected chi connectivity index (χ3v) is 5.40. The van der Waals surface area contributed by atoms with Gasteiger partial charge in [0.15, 0.2) is 17.4 Å². The maximum atomic E-state index is 14.0. The van der Waals surface area contributed by atoms with E-state index in [1.54, 1.807) is 10.2 Å². The van der Waals surface area contributed by atoms with Gasteiger partial charge in [-0.05, 0) is 13.0 Å². The second-order valence-corrected chi connectivity index (χ2v) is 7.55. The topological polar surface area (TPSA) is 109 Å². The zero-order valence-corrected chi connectivity index (χ0v) is 19.2. The number of aryl methyl sites for hydroxylation is 1. The highest BCUT2D eigenvalue weighted by atomic mass is 127. The minimum absolute atomic E-state index is 0.0350. The molecule has 1 aromatic carbocycles. The normalized spacial score (nSPS) is 12.6. The number of halogens is 6. The molecular weight excluding hydrogens is 566 g/mol. The van der Waals surface area contributed by atoms with Gasteiger partial charge in [0.25, 0.3) is 0 Å². The number of nitrogens with one attached hydrogen (secondary N) is 2. The van der Waals surface area contributed by atoms with Crippen LogP contribution in [-0.4, -0.2) is 39.8 Å². The lowest BCUT2D eigenvalue weighted by Gasteiger charge is -2.21. The summed E-state index contributed by atoms with van der Waals surface area (Å²) in [4.78, 5) is 22.2. The first-order valence-electron chi connectivity index (χ1n) is 9.40. The highest BCUT2D eigenvalue weighted by Gasteiger charge is 2.45. The second kappa shape index (κ2) is 10.0. The number of rotatable bonds is 7. The molecule has 178 valence electrons. The Morgan fingerprint density at radius 2 is 1.94 bits per heavy atom. The van der Waals surface area contributed by atoms with Gasteiger partial charge in [0, 0.05) is 30.1 Å². The molecule has 0 aliphatic rings. The highest BCUT2D eigenvalue weighted by Crippen LogP contribution is 2.39. The number of carbonyl (C=O) groups excluding carboxylic acids is 1. The third-order valence-electron chi connectivity index (χ3n) is 4.58. The van der Waals surface area contributed by atoms with Crippen LogP contribution in [0.2, 0.25) is 0 Å². The summed E-state index contributed by atoms with van der Waals surface area (Å²) in [5, 5.41) is 3.80. The van der Waals surface area contributed by atoms with E-state index in [2.05, 4.69) is 37.9 Å². The molecule has 1 atom stereocenters. The lowest BCUT2D eigenvalue weighted by molar-refractivity contribution is -0.158. The fraction of sp³-hybridized carbons (Fsp3) is 0.316. The molecule has 33 heavy (non-hydrogen) atoms. The van der Waals surface area contributed by atoms with Crippen molar-refractivity contribution in [3.05, 3.63) is 47.5 Å². The quantitative estimate of drug-likeness (QED) is 0.165. The van der Waals surface area contributed by atoms with Gasteiger partial charge in [0.1, 0.15) is 11.6 Å². The van der Waals surface area contributed by atoms with Crippen molar-refractivity contribution in [3.63, 3.8) is 0 Å². The lowest BCUT2D eigenvalue weighted by Crippen LogP contribution is -2.40. The van der Waals surface area contributed by atoms with Crippen LogP contribution in [0.4, 0.5) is 38.4 Å². The van der Waals surface area contributed by atoms with Crippen molar-refractivity contribution in [1.29, 1.82) is 0 Å². The van der Waals surface area contributed by atoms with Gasteiger partial charge in [0.05, 0.1) is 22.6 Å². The molecule has 3 rings (SSSR count). The molecule has 0 aliphatic heterocycles. The first-order chi connectivity index (χ1) is 15.5. The van der Waals surface area contributed by atoms with E-state index >= 15 is 0 Å². The van der Waals surface area contributed by atoms with Crippen LogP contribution in [0.5, 0.6) is 0 Å². The summed E-state index contributed by atoms with van der Waals surface area (Å²) in [6, 6.07) is -2.50. The number of hydrogen-bond donors (Lipinski definition) is 3. The second-order valence-electron chi connectivity index (χ2n) is 6.87. The number of carbonyl (C=O) groups is 1. The molecule has 0 fully saturated rings. The Bertz CT molecular complexity index is 1140. The third kappa shape index (κ3) is 5.61. The van der Waals surface area contributed by atoms with E-state index < -0.39 is 41.2 Å². The van der Waals surface area contributed by atoms with Crippen LogP contribution >= 0.6 is 22.6 Å². The Morgan fingerprint density at radius 3 is 2.52 bits per heavy atom. The molecule has 0 bridgehead atoms. The van der Waals surface area contributed by atoms with Crippen molar-refractivity contribution in [3.8, 4) is 0 Å². The van der Waals surface area contributed by atoms with Crippen LogP contribution in [0.3, 0.4) is 0 Å². The summed E-state index contributed by atoms with van der Waals surface area (Å²) < 4.78 is 74.3. The summed E-state index contributed by atoms with van der Waals surface area (Å²) in [6.07, 6.45) is -2.54. The van der Waals surface area contributed by atoms with E-state index in [4.69, 9.17) is 10.2 Å². The van der Waals surface area contributed by atoms with Crippen LogP contribution in [0, 0.1) is 18.6 Å². The highest BCUT2D eigenvalue weighted by molar-refractivity contribution is 14.1.